The van der Waals surface area contributed by atoms with Crippen LogP contribution in [0.15, 0.2) is 54.6 Å². The van der Waals surface area contributed by atoms with Crippen LogP contribution in [0, 0.1) is 5.82 Å². The van der Waals surface area contributed by atoms with Crippen molar-refractivity contribution < 1.29 is 9.18 Å². The average Bonchev–Trinajstić information content (AvgIpc) is 3.17. The maximum atomic E-state index is 13.0. The fourth-order valence-electron chi connectivity index (χ4n) is 3.10. The van der Waals surface area contributed by atoms with E-state index in [0.29, 0.717) is 17.8 Å². The third-order valence-corrected chi connectivity index (χ3v) is 4.75. The lowest BCUT2D eigenvalue weighted by molar-refractivity contribution is 0.0793. The number of carbonyl (C=O) groups excluding carboxylic acids is 1. The maximum absolute atomic E-state index is 13.0. The number of anilines is 1. The molecular weight excluding hydrogens is 355 g/mol. The third-order valence-electron chi connectivity index (χ3n) is 4.75. The van der Waals surface area contributed by atoms with Crippen molar-refractivity contribution in [1.82, 2.24) is 15.1 Å². The highest BCUT2D eigenvalue weighted by molar-refractivity contribution is 5.98. The van der Waals surface area contributed by atoms with Gasteiger partial charge in [-0.15, -0.1) is 0 Å². The molecule has 2 aromatic carbocycles. The molecule has 1 aromatic heterocycles. The second-order valence-electron chi connectivity index (χ2n) is 6.91. The van der Waals surface area contributed by atoms with Crippen LogP contribution in [0.4, 0.5) is 10.1 Å². The molecule has 3 N–H and O–H groups in total. The molecule has 0 aliphatic carbocycles. The summed E-state index contributed by atoms with van der Waals surface area (Å²) in [7, 11) is 1.80. The minimum atomic E-state index is -0.252. The Morgan fingerprint density at radius 1 is 1.11 bits per heavy atom. The molecule has 0 saturated heterocycles. The first-order valence-electron chi connectivity index (χ1n) is 9.45. The van der Waals surface area contributed by atoms with E-state index in [2.05, 4.69) is 10.2 Å². The smallest absolute Gasteiger partial charge is 0.255 e. The van der Waals surface area contributed by atoms with E-state index in [1.165, 1.54) is 12.1 Å². The lowest BCUT2D eigenvalue weighted by Gasteiger charge is -2.18. The molecule has 0 atom stereocenters. The molecule has 5 nitrogen and oxygen atoms in total. The molecule has 1 heterocycles. The predicted octanol–water partition coefficient (Wildman–Crippen LogP) is 4.28. The van der Waals surface area contributed by atoms with Crippen LogP contribution >= 0.6 is 0 Å². The molecule has 1 amide bonds. The number of nitrogens with zero attached hydrogens (tertiary/aromatic N) is 2. The Morgan fingerprint density at radius 2 is 1.86 bits per heavy atom. The molecule has 28 heavy (non-hydrogen) atoms. The average molecular weight is 380 g/mol. The van der Waals surface area contributed by atoms with Gasteiger partial charge in [-0.1, -0.05) is 18.6 Å². The van der Waals surface area contributed by atoms with E-state index in [0.717, 1.165) is 42.6 Å². The van der Waals surface area contributed by atoms with E-state index in [1.807, 2.05) is 18.2 Å². The largest absolute Gasteiger partial charge is 0.398 e. The van der Waals surface area contributed by atoms with Gasteiger partial charge in [0.25, 0.3) is 5.91 Å². The molecule has 0 spiro atoms. The zero-order valence-corrected chi connectivity index (χ0v) is 16.0. The van der Waals surface area contributed by atoms with Crippen LogP contribution in [0.2, 0.25) is 0 Å². The SMILES string of the molecule is CN(CCCCCc1cc(-c2ccc(F)cc2)n[nH]1)C(=O)c1ccccc1N. The van der Waals surface area contributed by atoms with Gasteiger partial charge in [0.05, 0.1) is 11.3 Å². The number of nitrogens with two attached hydrogens (primary N) is 1. The van der Waals surface area contributed by atoms with Crippen molar-refractivity contribution >= 4 is 11.6 Å². The van der Waals surface area contributed by atoms with Crippen molar-refractivity contribution in [2.24, 2.45) is 0 Å². The summed E-state index contributed by atoms with van der Waals surface area (Å²) in [6.45, 7) is 0.691. The van der Waals surface area contributed by atoms with Gasteiger partial charge in [-0.3, -0.25) is 9.89 Å². The van der Waals surface area contributed by atoms with Crippen LogP contribution in [-0.4, -0.2) is 34.6 Å². The van der Waals surface area contributed by atoms with E-state index >= 15 is 0 Å². The van der Waals surface area contributed by atoms with Crippen molar-refractivity contribution in [2.75, 3.05) is 19.3 Å². The molecule has 0 fully saturated rings. The molecule has 3 aromatic rings. The highest BCUT2D eigenvalue weighted by atomic mass is 19.1. The number of aromatic amines is 1. The van der Waals surface area contributed by atoms with Gasteiger partial charge in [0.15, 0.2) is 0 Å². The summed E-state index contributed by atoms with van der Waals surface area (Å²) >= 11 is 0. The van der Waals surface area contributed by atoms with Gasteiger partial charge in [-0.05, 0) is 61.7 Å². The molecule has 3 rings (SSSR count). The van der Waals surface area contributed by atoms with Crippen molar-refractivity contribution in [3.8, 4) is 11.3 Å². The number of H-pyrrole nitrogens is 1. The number of hydrogen-bond donors (Lipinski definition) is 2. The van der Waals surface area contributed by atoms with E-state index in [4.69, 9.17) is 5.73 Å². The molecule has 6 heteroatoms. The standard InChI is InChI=1S/C22H25FN4O/c1-27(22(28)19-8-4-5-9-20(19)24)14-6-2-3-7-18-15-21(26-25-18)16-10-12-17(23)13-11-16/h4-5,8-13,15H,2-3,6-7,14,24H2,1H3,(H,25,26). The van der Waals surface area contributed by atoms with Gasteiger partial charge in [-0.25, -0.2) is 4.39 Å². The quantitative estimate of drug-likeness (QED) is 0.452. The van der Waals surface area contributed by atoms with Crippen LogP contribution < -0.4 is 5.73 Å². The number of aryl methyl sites for hydroxylation is 1. The van der Waals surface area contributed by atoms with Crippen molar-refractivity contribution in [2.45, 2.75) is 25.7 Å². The summed E-state index contributed by atoms with van der Waals surface area (Å²) in [4.78, 5) is 14.1. The second-order valence-corrected chi connectivity index (χ2v) is 6.91. The summed E-state index contributed by atoms with van der Waals surface area (Å²) < 4.78 is 13.0. The van der Waals surface area contributed by atoms with E-state index < -0.39 is 0 Å². The summed E-state index contributed by atoms with van der Waals surface area (Å²) in [6, 6.07) is 15.5. The fraction of sp³-hybridized carbons (Fsp3) is 0.273. The molecule has 0 aliphatic rings. The minimum absolute atomic E-state index is 0.0457. The third kappa shape index (κ3) is 4.97. The van der Waals surface area contributed by atoms with Gasteiger partial charge in [-0.2, -0.15) is 5.10 Å². The topological polar surface area (TPSA) is 75.0 Å². The van der Waals surface area contributed by atoms with Crippen LogP contribution in [0.1, 0.15) is 35.3 Å². The number of para-hydroxylation sites is 1. The van der Waals surface area contributed by atoms with E-state index in [-0.39, 0.29) is 11.7 Å². The van der Waals surface area contributed by atoms with Crippen molar-refractivity contribution in [3.63, 3.8) is 0 Å². The second kappa shape index (κ2) is 9.17. The number of carbonyl (C=O) groups is 1. The zero-order chi connectivity index (χ0) is 19.9. The summed E-state index contributed by atoms with van der Waals surface area (Å²) in [5.74, 6) is -0.298. The molecular formula is C22H25FN4O. The number of amides is 1. The number of nitrogens with one attached hydrogen (secondary N) is 1. The van der Waals surface area contributed by atoms with Gasteiger partial charge in [0.1, 0.15) is 5.82 Å². The first-order chi connectivity index (χ1) is 13.5. The van der Waals surface area contributed by atoms with Gasteiger partial charge < -0.3 is 10.6 Å². The molecule has 146 valence electrons. The van der Waals surface area contributed by atoms with Crippen molar-refractivity contribution in [3.05, 3.63) is 71.7 Å². The van der Waals surface area contributed by atoms with E-state index in [1.54, 1.807) is 36.2 Å². The predicted molar refractivity (Wildman–Crippen MR) is 109 cm³/mol. The number of halogens is 1. The first-order valence-corrected chi connectivity index (χ1v) is 9.45. The monoisotopic (exact) mass is 380 g/mol. The van der Waals surface area contributed by atoms with Crippen molar-refractivity contribution in [1.29, 1.82) is 0 Å². The van der Waals surface area contributed by atoms with Crippen LogP contribution in [-0.2, 0) is 6.42 Å². The Hall–Kier alpha value is -3.15. The van der Waals surface area contributed by atoms with Crippen LogP contribution in [0.5, 0.6) is 0 Å². The Kier molecular flexibility index (Phi) is 6.42. The summed E-state index contributed by atoms with van der Waals surface area (Å²) in [5.41, 5.74) is 9.71. The molecule has 0 saturated carbocycles. The highest BCUT2D eigenvalue weighted by Gasteiger charge is 2.13. The van der Waals surface area contributed by atoms with Gasteiger partial charge in [0, 0.05) is 30.5 Å². The Balaban J connectivity index is 1.41. The fourth-order valence-corrected chi connectivity index (χ4v) is 3.10. The van der Waals surface area contributed by atoms with Crippen LogP contribution in [0.25, 0.3) is 11.3 Å². The number of nitrogen functional groups attached to an aromatic ring is 1. The molecule has 0 aliphatic heterocycles. The number of benzene rings is 2. The number of aromatic nitrogens is 2. The Labute approximate surface area is 164 Å². The molecule has 0 bridgehead atoms. The van der Waals surface area contributed by atoms with Gasteiger partial charge >= 0.3 is 0 Å². The Morgan fingerprint density at radius 3 is 2.61 bits per heavy atom. The summed E-state index contributed by atoms with van der Waals surface area (Å²) in [6.07, 6.45) is 3.82. The summed E-state index contributed by atoms with van der Waals surface area (Å²) in [5, 5.41) is 7.34. The zero-order valence-electron chi connectivity index (χ0n) is 16.0. The normalized spacial score (nSPS) is 10.8. The lowest BCUT2D eigenvalue weighted by atomic mass is 10.1. The molecule has 0 unspecified atom stereocenters. The highest BCUT2D eigenvalue weighted by Crippen LogP contribution is 2.19. The number of hydrogen-bond acceptors (Lipinski definition) is 3. The van der Waals surface area contributed by atoms with Crippen LogP contribution in [0.3, 0.4) is 0 Å². The maximum Gasteiger partial charge on any atom is 0.255 e. The Bertz CT molecular complexity index is 920. The number of unbranched alkanes of at least 4 members (excludes halogenated alkanes) is 2. The van der Waals surface area contributed by atoms with E-state index in [9.17, 15) is 9.18 Å². The lowest BCUT2D eigenvalue weighted by Crippen LogP contribution is -2.28. The minimum Gasteiger partial charge on any atom is -0.398 e. The first kappa shape index (κ1) is 19.6. The molecule has 0 radical (unpaired) electrons. The number of rotatable bonds is 8. The van der Waals surface area contributed by atoms with Gasteiger partial charge in [0.2, 0.25) is 0 Å².